The van der Waals surface area contributed by atoms with Gasteiger partial charge in [-0.25, -0.2) is 13.1 Å². The van der Waals surface area contributed by atoms with Crippen LogP contribution >= 0.6 is 0 Å². The van der Waals surface area contributed by atoms with Gasteiger partial charge < -0.3 is 5.32 Å². The van der Waals surface area contributed by atoms with Crippen LogP contribution in [-0.2, 0) is 15.3 Å². The summed E-state index contributed by atoms with van der Waals surface area (Å²) in [4.78, 5) is 12.9. The van der Waals surface area contributed by atoms with Gasteiger partial charge in [0.05, 0.1) is 23.2 Å². The quantitative estimate of drug-likeness (QED) is 0.708. The van der Waals surface area contributed by atoms with Crippen LogP contribution in [0.4, 0.5) is 5.82 Å². The molecule has 6 nitrogen and oxygen atoms in total. The van der Waals surface area contributed by atoms with Gasteiger partial charge in [0.2, 0.25) is 0 Å². The molecule has 152 valence electrons. The molecule has 0 unspecified atom stereocenters. The van der Waals surface area contributed by atoms with Gasteiger partial charge in [0.15, 0.2) is 9.84 Å². The van der Waals surface area contributed by atoms with Crippen LogP contribution in [0.1, 0.15) is 49.3 Å². The number of aromatic nitrogens is 2. The number of benzene rings is 2. The molecule has 1 amide bonds. The van der Waals surface area contributed by atoms with E-state index in [1.165, 1.54) is 0 Å². The van der Waals surface area contributed by atoms with E-state index in [0.29, 0.717) is 17.8 Å². The number of nitrogens with zero attached hydrogens (tertiary/aromatic N) is 2. The highest BCUT2D eigenvalue weighted by atomic mass is 32.2. The first-order valence-corrected chi connectivity index (χ1v) is 11.6. The van der Waals surface area contributed by atoms with Gasteiger partial charge >= 0.3 is 0 Å². The smallest absolute Gasteiger partial charge is 0.256 e. The minimum absolute atomic E-state index is 0.0527. The number of hydrogen-bond donors (Lipinski definition) is 1. The maximum atomic E-state index is 12.9. The molecular weight excluding hydrogens is 386 g/mol. The van der Waals surface area contributed by atoms with Gasteiger partial charge in [0.25, 0.3) is 5.91 Å². The summed E-state index contributed by atoms with van der Waals surface area (Å²) >= 11 is 0. The Kier molecular flexibility index (Phi) is 4.73. The zero-order chi connectivity index (χ0) is 20.8. The second-order valence-electron chi connectivity index (χ2n) is 8.68. The molecule has 1 atom stereocenters. The van der Waals surface area contributed by atoms with Crippen molar-refractivity contribution in [3.63, 3.8) is 0 Å². The minimum atomic E-state index is -3.07. The molecule has 2 heterocycles. The highest BCUT2D eigenvalue weighted by molar-refractivity contribution is 7.91. The van der Waals surface area contributed by atoms with Crippen molar-refractivity contribution in [1.29, 1.82) is 0 Å². The van der Waals surface area contributed by atoms with Crippen LogP contribution in [0.5, 0.6) is 0 Å². The van der Waals surface area contributed by atoms with Crippen molar-refractivity contribution in [3.8, 4) is 0 Å². The fourth-order valence-electron chi connectivity index (χ4n) is 3.62. The molecule has 2 aromatic carbocycles. The molecule has 1 aliphatic heterocycles. The van der Waals surface area contributed by atoms with Crippen molar-refractivity contribution in [3.05, 3.63) is 59.8 Å². The molecule has 29 heavy (non-hydrogen) atoms. The summed E-state index contributed by atoms with van der Waals surface area (Å²) in [6.45, 7) is 6.12. The van der Waals surface area contributed by atoms with E-state index in [0.717, 1.165) is 16.5 Å². The van der Waals surface area contributed by atoms with Crippen LogP contribution in [-0.4, -0.2) is 35.6 Å². The SMILES string of the molecule is CC(C)(C)c1cc(NC(=O)c2ccc3ccccc3c2)n([C@H]2CCS(=O)(=O)C2)n1. The van der Waals surface area contributed by atoms with Crippen LogP contribution in [0, 0.1) is 0 Å². The molecule has 4 rings (SSSR count). The normalized spacial score (nSPS) is 18.8. The monoisotopic (exact) mass is 411 g/mol. The second-order valence-corrected chi connectivity index (χ2v) is 10.9. The number of sulfone groups is 1. The van der Waals surface area contributed by atoms with Crippen molar-refractivity contribution < 1.29 is 13.2 Å². The minimum Gasteiger partial charge on any atom is -0.307 e. The summed E-state index contributed by atoms with van der Waals surface area (Å²) in [7, 11) is -3.07. The molecule has 3 aromatic rings. The fourth-order valence-corrected chi connectivity index (χ4v) is 5.31. The largest absolute Gasteiger partial charge is 0.307 e. The summed E-state index contributed by atoms with van der Waals surface area (Å²) in [6.07, 6.45) is 0.506. The van der Waals surface area contributed by atoms with E-state index < -0.39 is 9.84 Å². The lowest BCUT2D eigenvalue weighted by atomic mass is 9.92. The Morgan fingerprint density at radius 2 is 1.83 bits per heavy atom. The first-order valence-electron chi connectivity index (χ1n) is 9.73. The Morgan fingerprint density at radius 3 is 2.48 bits per heavy atom. The van der Waals surface area contributed by atoms with Crippen LogP contribution in [0.2, 0.25) is 0 Å². The number of carbonyl (C=O) groups excluding carboxylic acids is 1. The molecular formula is C22H25N3O3S. The Morgan fingerprint density at radius 1 is 1.10 bits per heavy atom. The van der Waals surface area contributed by atoms with Gasteiger partial charge in [-0.1, -0.05) is 51.1 Å². The lowest BCUT2D eigenvalue weighted by Crippen LogP contribution is -2.20. The first-order chi connectivity index (χ1) is 13.6. The summed E-state index contributed by atoms with van der Waals surface area (Å²) in [5.74, 6) is 0.505. The van der Waals surface area contributed by atoms with Gasteiger partial charge in [0, 0.05) is 17.0 Å². The summed E-state index contributed by atoms with van der Waals surface area (Å²) in [5.41, 5.74) is 1.15. The Labute approximate surface area is 170 Å². The van der Waals surface area contributed by atoms with Gasteiger partial charge in [-0.2, -0.15) is 5.10 Å². The fraction of sp³-hybridized carbons (Fsp3) is 0.364. The lowest BCUT2D eigenvalue weighted by molar-refractivity contribution is 0.102. The molecule has 0 spiro atoms. The maximum absolute atomic E-state index is 12.9. The van der Waals surface area contributed by atoms with Crippen LogP contribution in [0.3, 0.4) is 0 Å². The molecule has 1 aromatic heterocycles. The summed E-state index contributed by atoms with van der Waals surface area (Å²) in [5, 5.41) is 9.68. The van der Waals surface area contributed by atoms with Gasteiger partial charge in [-0.3, -0.25) is 4.79 Å². The number of hydrogen-bond acceptors (Lipinski definition) is 4. The highest BCUT2D eigenvalue weighted by Crippen LogP contribution is 2.31. The van der Waals surface area contributed by atoms with Crippen LogP contribution in [0.15, 0.2) is 48.5 Å². The molecule has 1 fully saturated rings. The number of carbonyl (C=O) groups is 1. The third-order valence-corrected chi connectivity index (χ3v) is 7.06. The predicted octanol–water partition coefficient (Wildman–Crippen LogP) is 3.95. The van der Waals surface area contributed by atoms with E-state index in [2.05, 4.69) is 10.4 Å². The van der Waals surface area contributed by atoms with E-state index in [-0.39, 0.29) is 28.9 Å². The average molecular weight is 412 g/mol. The zero-order valence-corrected chi connectivity index (χ0v) is 17.7. The summed E-state index contributed by atoms with van der Waals surface area (Å²) < 4.78 is 25.6. The molecule has 0 radical (unpaired) electrons. The topological polar surface area (TPSA) is 81.1 Å². The Hall–Kier alpha value is -2.67. The zero-order valence-electron chi connectivity index (χ0n) is 16.8. The number of nitrogens with one attached hydrogen (secondary N) is 1. The molecule has 1 saturated heterocycles. The maximum Gasteiger partial charge on any atom is 0.256 e. The van der Waals surface area contributed by atoms with Gasteiger partial charge in [0.1, 0.15) is 5.82 Å². The number of fused-ring (bicyclic) bond motifs is 1. The van der Waals surface area contributed by atoms with Crippen molar-refractivity contribution >= 4 is 32.3 Å². The third-order valence-electron chi connectivity index (χ3n) is 5.31. The van der Waals surface area contributed by atoms with Gasteiger partial charge in [-0.15, -0.1) is 0 Å². The van der Waals surface area contributed by atoms with Crippen molar-refractivity contribution in [1.82, 2.24) is 9.78 Å². The van der Waals surface area contributed by atoms with Gasteiger partial charge in [-0.05, 0) is 29.3 Å². The summed E-state index contributed by atoms with van der Waals surface area (Å²) in [6, 6.07) is 15.0. The molecule has 0 saturated carbocycles. The number of rotatable bonds is 3. The number of amides is 1. The van der Waals surface area contributed by atoms with E-state index in [9.17, 15) is 13.2 Å². The molecule has 0 aliphatic carbocycles. The number of anilines is 1. The Bertz CT molecular complexity index is 1190. The average Bonchev–Trinajstić information content (AvgIpc) is 3.24. The predicted molar refractivity (Wildman–Crippen MR) is 115 cm³/mol. The van der Waals surface area contributed by atoms with Crippen LogP contribution < -0.4 is 5.32 Å². The van der Waals surface area contributed by atoms with Crippen molar-refractivity contribution in [2.24, 2.45) is 0 Å². The molecule has 7 heteroatoms. The third kappa shape index (κ3) is 4.05. The standard InChI is InChI=1S/C22H25N3O3S/c1-22(2,3)19-13-20(25(24-19)18-10-11-29(27,28)14-18)23-21(26)17-9-8-15-6-4-5-7-16(15)12-17/h4-9,12-13,18H,10-11,14H2,1-3H3,(H,23,26)/t18-/m0/s1. The molecule has 0 bridgehead atoms. The van der Waals surface area contributed by atoms with E-state index in [1.807, 2.05) is 63.2 Å². The van der Waals surface area contributed by atoms with Crippen LogP contribution in [0.25, 0.3) is 10.8 Å². The van der Waals surface area contributed by atoms with Crippen molar-refractivity contribution in [2.45, 2.75) is 38.6 Å². The first kappa shape index (κ1) is 19.6. The second kappa shape index (κ2) is 6.99. The molecule has 1 aliphatic rings. The highest BCUT2D eigenvalue weighted by Gasteiger charge is 2.33. The van der Waals surface area contributed by atoms with Crippen molar-refractivity contribution in [2.75, 3.05) is 16.8 Å². The lowest BCUT2D eigenvalue weighted by Gasteiger charge is -2.15. The van der Waals surface area contributed by atoms with E-state index in [1.54, 1.807) is 10.7 Å². The van der Waals surface area contributed by atoms with E-state index >= 15 is 0 Å². The van der Waals surface area contributed by atoms with E-state index in [4.69, 9.17) is 0 Å². The Balaban J connectivity index is 1.67. The molecule has 1 N–H and O–H groups in total.